The molecule has 2 rings (SSSR count). The van der Waals surface area contributed by atoms with Gasteiger partial charge in [0.25, 0.3) is 0 Å². The fourth-order valence-corrected chi connectivity index (χ4v) is 3.60. The summed E-state index contributed by atoms with van der Waals surface area (Å²) in [7, 11) is 0. The number of ether oxygens (including phenoxy) is 1. The molecule has 1 heterocycles. The lowest BCUT2D eigenvalue weighted by Crippen LogP contribution is -2.38. The first kappa shape index (κ1) is 14.3. The van der Waals surface area contributed by atoms with Crippen molar-refractivity contribution in [2.75, 3.05) is 32.9 Å². The Labute approximate surface area is 111 Å². The third-order valence-electron chi connectivity index (χ3n) is 4.81. The van der Waals surface area contributed by atoms with E-state index in [1.54, 1.807) is 0 Å². The van der Waals surface area contributed by atoms with Gasteiger partial charge in [-0.2, -0.15) is 0 Å². The van der Waals surface area contributed by atoms with Gasteiger partial charge in [0.05, 0.1) is 6.61 Å². The lowest BCUT2D eigenvalue weighted by molar-refractivity contribution is 0.122. The highest BCUT2D eigenvalue weighted by atomic mass is 16.5. The Hall–Kier alpha value is -0.120. The van der Waals surface area contributed by atoms with E-state index in [9.17, 15) is 5.11 Å². The van der Waals surface area contributed by atoms with Crippen LogP contribution in [0.25, 0.3) is 0 Å². The molecule has 3 heteroatoms. The van der Waals surface area contributed by atoms with Crippen LogP contribution in [0.3, 0.4) is 0 Å². The summed E-state index contributed by atoms with van der Waals surface area (Å²) in [5.41, 5.74) is 0.203. The molecule has 0 amide bonds. The zero-order valence-corrected chi connectivity index (χ0v) is 11.8. The first-order chi connectivity index (χ1) is 8.74. The van der Waals surface area contributed by atoms with E-state index in [-0.39, 0.29) is 12.0 Å². The van der Waals surface area contributed by atoms with Gasteiger partial charge >= 0.3 is 0 Å². The maximum absolute atomic E-state index is 9.19. The highest BCUT2D eigenvalue weighted by molar-refractivity contribution is 4.86. The van der Waals surface area contributed by atoms with Gasteiger partial charge in [-0.25, -0.2) is 0 Å². The van der Waals surface area contributed by atoms with Crippen LogP contribution in [0.15, 0.2) is 0 Å². The van der Waals surface area contributed by atoms with Gasteiger partial charge in [-0.1, -0.05) is 19.8 Å². The van der Waals surface area contributed by atoms with E-state index < -0.39 is 0 Å². The molecule has 18 heavy (non-hydrogen) atoms. The summed E-state index contributed by atoms with van der Waals surface area (Å²) >= 11 is 0. The first-order valence-corrected chi connectivity index (χ1v) is 7.63. The predicted octanol–water partition coefficient (Wildman–Crippen LogP) is 2.19. The molecule has 0 spiro atoms. The van der Waals surface area contributed by atoms with Crippen LogP contribution in [-0.2, 0) is 4.74 Å². The highest BCUT2D eigenvalue weighted by Crippen LogP contribution is 2.32. The summed E-state index contributed by atoms with van der Waals surface area (Å²) in [6, 6.07) is 0. The topological polar surface area (TPSA) is 41.5 Å². The van der Waals surface area contributed by atoms with Crippen molar-refractivity contribution in [3.05, 3.63) is 0 Å². The van der Waals surface area contributed by atoms with Crippen molar-refractivity contribution < 1.29 is 9.84 Å². The third-order valence-corrected chi connectivity index (χ3v) is 4.81. The Balaban J connectivity index is 1.69. The second-order valence-corrected chi connectivity index (χ2v) is 6.54. The second kappa shape index (κ2) is 6.88. The minimum absolute atomic E-state index is 0.203. The average molecular weight is 255 g/mol. The fraction of sp³-hybridized carbons (Fsp3) is 1.00. The van der Waals surface area contributed by atoms with E-state index in [1.807, 2.05) is 0 Å². The van der Waals surface area contributed by atoms with E-state index in [2.05, 4.69) is 12.2 Å². The lowest BCUT2D eigenvalue weighted by atomic mass is 9.81. The minimum atomic E-state index is 0.203. The number of aliphatic hydroxyl groups is 1. The van der Waals surface area contributed by atoms with Gasteiger partial charge in [0.15, 0.2) is 0 Å². The van der Waals surface area contributed by atoms with Crippen molar-refractivity contribution in [1.82, 2.24) is 5.32 Å². The van der Waals surface area contributed by atoms with E-state index in [1.165, 1.54) is 25.7 Å². The van der Waals surface area contributed by atoms with Crippen LogP contribution >= 0.6 is 0 Å². The standard InChI is InChI=1S/C15H29NO2/c1-13-3-2-4-14(9-13)10-16-11-15(5-7-17)6-8-18-12-15/h13-14,16-17H,2-12H2,1H3. The molecule has 0 aromatic rings. The van der Waals surface area contributed by atoms with E-state index in [0.29, 0.717) is 0 Å². The van der Waals surface area contributed by atoms with Gasteiger partial charge in [-0.15, -0.1) is 0 Å². The van der Waals surface area contributed by atoms with Crippen LogP contribution in [0.5, 0.6) is 0 Å². The summed E-state index contributed by atoms with van der Waals surface area (Å²) in [6.07, 6.45) is 7.57. The molecule has 3 nitrogen and oxygen atoms in total. The van der Waals surface area contributed by atoms with Crippen molar-refractivity contribution >= 4 is 0 Å². The van der Waals surface area contributed by atoms with Gasteiger partial charge < -0.3 is 15.2 Å². The van der Waals surface area contributed by atoms with Crippen LogP contribution in [0, 0.1) is 17.3 Å². The number of aliphatic hydroxyl groups excluding tert-OH is 1. The molecular formula is C15H29NO2. The number of hydrogen-bond acceptors (Lipinski definition) is 3. The van der Waals surface area contributed by atoms with Crippen LogP contribution in [-0.4, -0.2) is 38.0 Å². The zero-order valence-electron chi connectivity index (χ0n) is 11.8. The summed E-state index contributed by atoms with van der Waals surface area (Å²) in [6.45, 7) is 6.51. The smallest absolute Gasteiger partial charge is 0.0536 e. The Kier molecular flexibility index (Phi) is 5.46. The van der Waals surface area contributed by atoms with Crippen LogP contribution < -0.4 is 5.32 Å². The zero-order chi connectivity index (χ0) is 12.8. The molecule has 1 aliphatic carbocycles. The molecule has 1 aliphatic heterocycles. The maximum Gasteiger partial charge on any atom is 0.0536 e. The third kappa shape index (κ3) is 3.94. The van der Waals surface area contributed by atoms with E-state index >= 15 is 0 Å². The molecule has 2 aliphatic rings. The second-order valence-electron chi connectivity index (χ2n) is 6.54. The average Bonchev–Trinajstić information content (AvgIpc) is 2.79. The first-order valence-electron chi connectivity index (χ1n) is 7.63. The number of nitrogens with one attached hydrogen (secondary N) is 1. The number of hydrogen-bond donors (Lipinski definition) is 2. The molecule has 0 aromatic heterocycles. The van der Waals surface area contributed by atoms with Gasteiger partial charge in [0.1, 0.15) is 0 Å². The van der Waals surface area contributed by atoms with Crippen LogP contribution in [0.4, 0.5) is 0 Å². The van der Waals surface area contributed by atoms with Crippen molar-refractivity contribution in [1.29, 1.82) is 0 Å². The summed E-state index contributed by atoms with van der Waals surface area (Å²) in [5, 5.41) is 12.8. The lowest BCUT2D eigenvalue weighted by Gasteiger charge is -2.30. The van der Waals surface area contributed by atoms with Crippen molar-refractivity contribution in [3.8, 4) is 0 Å². The maximum atomic E-state index is 9.19. The highest BCUT2D eigenvalue weighted by Gasteiger charge is 2.34. The van der Waals surface area contributed by atoms with Crippen LogP contribution in [0.2, 0.25) is 0 Å². The monoisotopic (exact) mass is 255 g/mol. The molecule has 0 bridgehead atoms. The summed E-state index contributed by atoms with van der Waals surface area (Å²) in [4.78, 5) is 0. The summed E-state index contributed by atoms with van der Waals surface area (Å²) < 4.78 is 5.52. The Bertz CT molecular complexity index is 239. The Morgan fingerprint density at radius 1 is 1.39 bits per heavy atom. The summed E-state index contributed by atoms with van der Waals surface area (Å²) in [5.74, 6) is 1.77. The molecule has 0 radical (unpaired) electrons. The van der Waals surface area contributed by atoms with E-state index in [4.69, 9.17) is 4.74 Å². The van der Waals surface area contributed by atoms with Crippen molar-refractivity contribution in [3.63, 3.8) is 0 Å². The molecular weight excluding hydrogens is 226 g/mol. The fourth-order valence-electron chi connectivity index (χ4n) is 3.60. The molecule has 3 unspecified atom stereocenters. The molecule has 3 atom stereocenters. The Morgan fingerprint density at radius 2 is 2.28 bits per heavy atom. The molecule has 2 N–H and O–H groups in total. The Morgan fingerprint density at radius 3 is 2.94 bits per heavy atom. The van der Waals surface area contributed by atoms with Crippen molar-refractivity contribution in [2.45, 2.75) is 45.4 Å². The SMILES string of the molecule is CC1CCCC(CNCC2(CCO)CCOC2)C1. The normalized spacial score (nSPS) is 37.0. The van der Waals surface area contributed by atoms with Crippen LogP contribution in [0.1, 0.15) is 45.4 Å². The molecule has 1 saturated carbocycles. The quantitative estimate of drug-likeness (QED) is 0.764. The van der Waals surface area contributed by atoms with E-state index in [0.717, 1.165) is 51.0 Å². The molecule has 106 valence electrons. The molecule has 1 saturated heterocycles. The minimum Gasteiger partial charge on any atom is -0.396 e. The van der Waals surface area contributed by atoms with Gasteiger partial charge in [-0.05, 0) is 44.1 Å². The largest absolute Gasteiger partial charge is 0.396 e. The van der Waals surface area contributed by atoms with Crippen molar-refractivity contribution in [2.24, 2.45) is 17.3 Å². The number of rotatable bonds is 6. The molecule has 0 aromatic carbocycles. The van der Waals surface area contributed by atoms with Gasteiger partial charge in [-0.3, -0.25) is 0 Å². The van der Waals surface area contributed by atoms with Gasteiger partial charge in [0.2, 0.25) is 0 Å². The van der Waals surface area contributed by atoms with Gasteiger partial charge in [0, 0.05) is 25.2 Å². The molecule has 2 fully saturated rings. The predicted molar refractivity (Wildman–Crippen MR) is 73.6 cm³/mol.